The predicted octanol–water partition coefficient (Wildman–Crippen LogP) is 5.26. The Morgan fingerprint density at radius 1 is 1.02 bits per heavy atom. The number of hydrogen-bond acceptors (Lipinski definition) is 8. The minimum absolute atomic E-state index is 0.0532. The second-order valence-electron chi connectivity index (χ2n) is 11.9. The van der Waals surface area contributed by atoms with E-state index in [2.05, 4.69) is 17.6 Å². The molecule has 2 aromatic rings. The molecule has 43 heavy (non-hydrogen) atoms. The van der Waals surface area contributed by atoms with Gasteiger partial charge in [0.05, 0.1) is 19.8 Å². The van der Waals surface area contributed by atoms with E-state index in [0.717, 1.165) is 5.56 Å². The molecule has 0 spiro atoms. The van der Waals surface area contributed by atoms with Gasteiger partial charge in [-0.2, -0.15) is 0 Å². The number of hydrogen-bond donors (Lipinski definition) is 4. The smallest absolute Gasteiger partial charge is 0.411 e. The summed E-state index contributed by atoms with van der Waals surface area (Å²) in [4.78, 5) is 26.0. The molecular weight excluding hydrogens is 552 g/mol. The minimum Gasteiger partial charge on any atom is -0.497 e. The first-order chi connectivity index (χ1) is 20.7. The van der Waals surface area contributed by atoms with Crippen LogP contribution in [0.5, 0.6) is 17.2 Å². The predicted molar refractivity (Wildman–Crippen MR) is 162 cm³/mol. The molecule has 5 rings (SSSR count). The second-order valence-corrected chi connectivity index (χ2v) is 11.9. The number of rotatable bonds is 8. The Balaban J connectivity index is 0.00000207. The number of carbonyl (C=O) groups excluding carboxylic acids is 2. The molecule has 0 radical (unpaired) electrons. The molecule has 2 amide bonds. The van der Waals surface area contributed by atoms with Crippen LogP contribution in [0, 0.1) is 22.7 Å². The SMILES string of the molecule is CC.COc1ccc(NC(=O)OC2CCC3(C)C(CC(=O)NCc4ccc5c(c4)OCO5)C(O)CCC3C2(C)CO)cc1. The number of aliphatic hydroxyl groups excluding tert-OH is 2. The van der Waals surface area contributed by atoms with Gasteiger partial charge >= 0.3 is 6.09 Å². The van der Waals surface area contributed by atoms with Gasteiger partial charge in [-0.05, 0) is 84.9 Å². The van der Waals surface area contributed by atoms with Crippen molar-refractivity contribution in [2.75, 3.05) is 25.8 Å². The summed E-state index contributed by atoms with van der Waals surface area (Å²) >= 11 is 0. The van der Waals surface area contributed by atoms with Gasteiger partial charge in [-0.3, -0.25) is 10.1 Å². The number of ether oxygens (including phenoxy) is 4. The van der Waals surface area contributed by atoms with Crippen LogP contribution in [0.25, 0.3) is 0 Å². The zero-order chi connectivity index (χ0) is 31.2. The van der Waals surface area contributed by atoms with E-state index in [4.69, 9.17) is 18.9 Å². The van der Waals surface area contributed by atoms with Crippen molar-refractivity contribution in [1.82, 2.24) is 5.32 Å². The Labute approximate surface area is 254 Å². The maximum absolute atomic E-state index is 13.1. The number of nitrogens with one attached hydrogen (secondary N) is 2. The first-order valence-electron chi connectivity index (χ1n) is 15.2. The van der Waals surface area contributed by atoms with Gasteiger partial charge in [-0.15, -0.1) is 0 Å². The molecular formula is C33H46N2O8. The number of anilines is 1. The molecule has 10 nitrogen and oxygen atoms in total. The van der Waals surface area contributed by atoms with Crippen LogP contribution in [0.1, 0.15) is 65.4 Å². The molecule has 3 aliphatic rings. The molecule has 2 fully saturated rings. The van der Waals surface area contributed by atoms with E-state index in [1.165, 1.54) is 0 Å². The summed E-state index contributed by atoms with van der Waals surface area (Å²) in [5, 5.41) is 27.5. The van der Waals surface area contributed by atoms with Crippen molar-refractivity contribution in [2.24, 2.45) is 22.7 Å². The Bertz CT molecular complexity index is 1250. The maximum atomic E-state index is 13.1. The molecule has 4 N–H and O–H groups in total. The van der Waals surface area contributed by atoms with Crippen LogP contribution in [0.4, 0.5) is 10.5 Å². The molecule has 0 aromatic heterocycles. The van der Waals surface area contributed by atoms with Crippen LogP contribution in [-0.2, 0) is 16.1 Å². The van der Waals surface area contributed by atoms with Crippen LogP contribution < -0.4 is 24.8 Å². The molecule has 1 aliphatic heterocycles. The third-order valence-electron chi connectivity index (χ3n) is 9.59. The van der Waals surface area contributed by atoms with Crippen LogP contribution in [-0.4, -0.2) is 54.9 Å². The fraction of sp³-hybridized carbons (Fsp3) is 0.576. The Hall–Kier alpha value is -3.50. The molecule has 6 atom stereocenters. The van der Waals surface area contributed by atoms with Gasteiger partial charge in [-0.1, -0.05) is 33.8 Å². The summed E-state index contributed by atoms with van der Waals surface area (Å²) in [6.45, 7) is 8.42. The summed E-state index contributed by atoms with van der Waals surface area (Å²) in [5.41, 5.74) is 0.326. The van der Waals surface area contributed by atoms with Gasteiger partial charge in [0, 0.05) is 24.1 Å². The van der Waals surface area contributed by atoms with Gasteiger partial charge in [-0.25, -0.2) is 4.79 Å². The lowest BCUT2D eigenvalue weighted by molar-refractivity contribution is -0.185. The number of benzene rings is 2. The largest absolute Gasteiger partial charge is 0.497 e. The number of carbonyl (C=O) groups is 2. The van der Waals surface area contributed by atoms with Crippen molar-refractivity contribution >= 4 is 17.7 Å². The summed E-state index contributed by atoms with van der Waals surface area (Å²) < 4.78 is 21.9. The number of methoxy groups -OCH3 is 1. The van der Waals surface area contributed by atoms with Crippen molar-refractivity contribution in [3.05, 3.63) is 48.0 Å². The zero-order valence-electron chi connectivity index (χ0n) is 25.9. The average Bonchev–Trinajstić information content (AvgIpc) is 3.49. The van der Waals surface area contributed by atoms with E-state index in [1.54, 1.807) is 31.4 Å². The highest BCUT2D eigenvalue weighted by atomic mass is 16.7. The summed E-state index contributed by atoms with van der Waals surface area (Å²) in [5.74, 6) is 1.54. The van der Waals surface area contributed by atoms with E-state index < -0.39 is 29.1 Å². The highest BCUT2D eigenvalue weighted by Gasteiger charge is 2.60. The lowest BCUT2D eigenvalue weighted by atomic mass is 9.46. The highest BCUT2D eigenvalue weighted by Crippen LogP contribution is 2.61. The lowest BCUT2D eigenvalue weighted by Crippen LogP contribution is -2.61. The van der Waals surface area contributed by atoms with E-state index in [-0.39, 0.29) is 37.6 Å². The van der Waals surface area contributed by atoms with E-state index >= 15 is 0 Å². The first kappa shape index (κ1) is 32.4. The molecule has 2 aromatic carbocycles. The van der Waals surface area contributed by atoms with E-state index in [9.17, 15) is 19.8 Å². The maximum Gasteiger partial charge on any atom is 0.411 e. The van der Waals surface area contributed by atoms with Crippen molar-refractivity contribution in [1.29, 1.82) is 0 Å². The van der Waals surface area contributed by atoms with Gasteiger partial charge in [0.1, 0.15) is 11.9 Å². The number of amides is 2. The molecule has 1 heterocycles. The number of aliphatic hydroxyl groups is 2. The normalized spacial score (nSPS) is 28.9. The summed E-state index contributed by atoms with van der Waals surface area (Å²) in [6, 6.07) is 12.5. The van der Waals surface area contributed by atoms with Crippen LogP contribution in [0.2, 0.25) is 0 Å². The average molecular weight is 599 g/mol. The molecule has 6 unspecified atom stereocenters. The van der Waals surface area contributed by atoms with Crippen molar-refractivity contribution in [2.45, 2.75) is 78.6 Å². The van der Waals surface area contributed by atoms with Gasteiger partial charge in [0.25, 0.3) is 0 Å². The van der Waals surface area contributed by atoms with Crippen molar-refractivity contribution < 1.29 is 38.7 Å². The van der Waals surface area contributed by atoms with Crippen LogP contribution in [0.3, 0.4) is 0 Å². The quantitative estimate of drug-likeness (QED) is 0.323. The minimum atomic E-state index is -0.731. The fourth-order valence-electron chi connectivity index (χ4n) is 7.25. The molecule has 10 heteroatoms. The standard InChI is InChI=1S/C31H40N2O8.C2H6/c1-30-13-12-27(41-29(37)33-20-5-7-21(38-3)8-6-20)31(2,17-34)26(30)11-9-23(35)22(30)15-28(36)32-16-19-4-10-24-25(14-19)40-18-39-24;1-2/h4-8,10,14,22-23,26-27,34-35H,9,11-13,15-18H2,1-3H3,(H,32,36)(H,33,37);1-2H3. The summed E-state index contributed by atoms with van der Waals surface area (Å²) in [7, 11) is 1.58. The summed E-state index contributed by atoms with van der Waals surface area (Å²) in [6.07, 6.45) is 0.797. The third kappa shape index (κ3) is 6.86. The monoisotopic (exact) mass is 598 g/mol. The van der Waals surface area contributed by atoms with Crippen molar-refractivity contribution in [3.8, 4) is 17.2 Å². The topological polar surface area (TPSA) is 136 Å². The molecule has 2 saturated carbocycles. The van der Waals surface area contributed by atoms with Crippen molar-refractivity contribution in [3.63, 3.8) is 0 Å². The van der Waals surface area contributed by atoms with Crippen LogP contribution >= 0.6 is 0 Å². The zero-order valence-corrected chi connectivity index (χ0v) is 25.9. The Morgan fingerprint density at radius 3 is 2.44 bits per heavy atom. The lowest BCUT2D eigenvalue weighted by Gasteiger charge is -2.60. The Morgan fingerprint density at radius 2 is 1.74 bits per heavy atom. The highest BCUT2D eigenvalue weighted by molar-refractivity contribution is 5.84. The second kappa shape index (κ2) is 13.9. The fourth-order valence-corrected chi connectivity index (χ4v) is 7.25. The van der Waals surface area contributed by atoms with E-state index in [1.807, 2.05) is 39.0 Å². The van der Waals surface area contributed by atoms with Gasteiger partial charge in [0.2, 0.25) is 12.7 Å². The molecule has 0 saturated heterocycles. The third-order valence-corrected chi connectivity index (χ3v) is 9.59. The van der Waals surface area contributed by atoms with E-state index in [0.29, 0.717) is 55.2 Å². The molecule has 0 bridgehead atoms. The molecule has 236 valence electrons. The Kier molecular flexibility index (Phi) is 10.4. The first-order valence-corrected chi connectivity index (χ1v) is 15.2. The molecule has 2 aliphatic carbocycles. The van der Waals surface area contributed by atoms with Gasteiger partial charge < -0.3 is 34.5 Å². The van der Waals surface area contributed by atoms with Gasteiger partial charge in [0.15, 0.2) is 11.5 Å². The van der Waals surface area contributed by atoms with Crippen LogP contribution in [0.15, 0.2) is 42.5 Å². The number of fused-ring (bicyclic) bond motifs is 2.